The van der Waals surface area contributed by atoms with Crippen molar-refractivity contribution in [3.63, 3.8) is 0 Å². The number of hydrogen-bond acceptors (Lipinski definition) is 4. The van der Waals surface area contributed by atoms with Crippen LogP contribution in [-0.2, 0) is 16.0 Å². The highest BCUT2D eigenvalue weighted by Gasteiger charge is 2.36. The molecule has 3 N–H and O–H groups in total. The molecular weight excluding hydrogens is 402 g/mol. The highest BCUT2D eigenvalue weighted by atomic mass is 16.2. The van der Waals surface area contributed by atoms with Crippen molar-refractivity contribution in [3.05, 3.63) is 84.4 Å². The maximum atomic E-state index is 13.0. The number of nitrogens with one attached hydrogen (secondary N) is 1. The topological polar surface area (TPSA) is 93.3 Å². The number of likely N-dealkylation sites (tertiary alicyclic amines) is 1. The lowest BCUT2D eigenvalue weighted by Crippen LogP contribution is -2.52. The molecule has 0 radical (unpaired) electrons. The summed E-state index contributed by atoms with van der Waals surface area (Å²) in [5, 5.41) is 3.07. The molecule has 0 aliphatic carbocycles. The SMILES string of the molecule is CC(NC(=O)C1CCCN1C(=O)C(N)Cc1ccccc1)c1ccc(-n2ccnc2)cc1. The summed E-state index contributed by atoms with van der Waals surface area (Å²) in [4.78, 5) is 31.7. The van der Waals surface area contributed by atoms with Gasteiger partial charge in [0.1, 0.15) is 6.04 Å². The van der Waals surface area contributed by atoms with E-state index in [0.29, 0.717) is 19.4 Å². The molecule has 32 heavy (non-hydrogen) atoms. The standard InChI is InChI=1S/C25H29N5O2/c1-18(20-9-11-21(12-10-20)29-15-13-27-17-29)28-24(31)23-8-5-14-30(23)25(32)22(26)16-19-6-3-2-4-7-19/h2-4,6-7,9-13,15,17-18,22-23H,5,8,14,16,26H2,1H3,(H,28,31). The van der Waals surface area contributed by atoms with Crippen molar-refractivity contribution in [2.75, 3.05) is 6.54 Å². The van der Waals surface area contributed by atoms with Crippen LogP contribution in [-0.4, -0.2) is 44.9 Å². The lowest BCUT2D eigenvalue weighted by atomic mass is 10.0. The van der Waals surface area contributed by atoms with Gasteiger partial charge in [0.2, 0.25) is 11.8 Å². The van der Waals surface area contributed by atoms with E-state index < -0.39 is 12.1 Å². The second kappa shape index (κ2) is 9.78. The van der Waals surface area contributed by atoms with Crippen LogP contribution >= 0.6 is 0 Å². The molecule has 0 spiro atoms. The Hall–Kier alpha value is -3.45. The molecule has 1 aliphatic rings. The van der Waals surface area contributed by atoms with Gasteiger partial charge in [-0.2, -0.15) is 0 Å². The highest BCUT2D eigenvalue weighted by molar-refractivity contribution is 5.90. The number of carbonyl (C=O) groups excluding carboxylic acids is 2. The summed E-state index contributed by atoms with van der Waals surface area (Å²) in [7, 11) is 0. The van der Waals surface area contributed by atoms with Gasteiger partial charge in [-0.15, -0.1) is 0 Å². The van der Waals surface area contributed by atoms with Gasteiger partial charge in [-0.05, 0) is 49.4 Å². The van der Waals surface area contributed by atoms with Crippen LogP contribution < -0.4 is 11.1 Å². The first kappa shape index (κ1) is 21.8. The molecule has 7 heteroatoms. The highest BCUT2D eigenvalue weighted by Crippen LogP contribution is 2.21. The van der Waals surface area contributed by atoms with Gasteiger partial charge in [0.25, 0.3) is 0 Å². The van der Waals surface area contributed by atoms with E-state index in [1.165, 1.54) is 0 Å². The Morgan fingerprint density at radius 2 is 1.91 bits per heavy atom. The second-order valence-electron chi connectivity index (χ2n) is 8.28. The molecule has 4 rings (SSSR count). The Labute approximate surface area is 188 Å². The Kier molecular flexibility index (Phi) is 6.66. The Morgan fingerprint density at radius 3 is 2.59 bits per heavy atom. The van der Waals surface area contributed by atoms with Gasteiger partial charge in [0, 0.05) is 24.6 Å². The Balaban J connectivity index is 1.37. The number of carbonyl (C=O) groups is 2. The van der Waals surface area contributed by atoms with Crippen LogP contribution in [0.15, 0.2) is 73.3 Å². The molecule has 1 fully saturated rings. The Bertz CT molecular complexity index is 1030. The number of amides is 2. The molecule has 3 unspecified atom stereocenters. The van der Waals surface area contributed by atoms with Gasteiger partial charge < -0.3 is 20.5 Å². The van der Waals surface area contributed by atoms with E-state index in [-0.39, 0.29) is 17.9 Å². The average Bonchev–Trinajstić information content (AvgIpc) is 3.52. The summed E-state index contributed by atoms with van der Waals surface area (Å²) in [6.07, 6.45) is 7.28. The fourth-order valence-electron chi connectivity index (χ4n) is 4.21. The van der Waals surface area contributed by atoms with Gasteiger partial charge in [0.05, 0.1) is 18.4 Å². The van der Waals surface area contributed by atoms with Crippen molar-refractivity contribution >= 4 is 11.8 Å². The number of aromatic nitrogens is 2. The van der Waals surface area contributed by atoms with E-state index in [2.05, 4.69) is 10.3 Å². The zero-order chi connectivity index (χ0) is 22.5. The van der Waals surface area contributed by atoms with E-state index >= 15 is 0 Å². The number of imidazole rings is 1. The predicted molar refractivity (Wildman–Crippen MR) is 123 cm³/mol. The summed E-state index contributed by atoms with van der Waals surface area (Å²) in [6, 6.07) is 16.4. The zero-order valence-corrected chi connectivity index (χ0v) is 18.2. The number of nitrogens with zero attached hydrogens (tertiary/aromatic N) is 3. The lowest BCUT2D eigenvalue weighted by molar-refractivity contribution is -0.139. The lowest BCUT2D eigenvalue weighted by Gasteiger charge is -2.28. The Morgan fingerprint density at radius 1 is 1.16 bits per heavy atom. The number of benzene rings is 2. The van der Waals surface area contributed by atoms with E-state index in [4.69, 9.17) is 5.73 Å². The first-order valence-electron chi connectivity index (χ1n) is 11.0. The number of hydrogen-bond donors (Lipinski definition) is 2. The molecule has 2 amide bonds. The van der Waals surface area contributed by atoms with Gasteiger partial charge in [-0.3, -0.25) is 9.59 Å². The fourth-order valence-corrected chi connectivity index (χ4v) is 4.21. The number of nitrogens with two attached hydrogens (primary N) is 1. The third-order valence-corrected chi connectivity index (χ3v) is 6.01. The van der Waals surface area contributed by atoms with E-state index in [9.17, 15) is 9.59 Å². The smallest absolute Gasteiger partial charge is 0.243 e. The van der Waals surface area contributed by atoms with Gasteiger partial charge in [0.15, 0.2) is 0 Å². The molecule has 0 bridgehead atoms. The molecule has 3 aromatic rings. The minimum Gasteiger partial charge on any atom is -0.348 e. The summed E-state index contributed by atoms with van der Waals surface area (Å²) < 4.78 is 1.92. The molecular formula is C25H29N5O2. The maximum Gasteiger partial charge on any atom is 0.243 e. The summed E-state index contributed by atoms with van der Waals surface area (Å²) in [5.41, 5.74) is 9.23. The summed E-state index contributed by atoms with van der Waals surface area (Å²) in [5.74, 6) is -0.294. The van der Waals surface area contributed by atoms with Crippen LogP contribution in [0.2, 0.25) is 0 Å². The van der Waals surface area contributed by atoms with E-state index in [1.807, 2.05) is 72.3 Å². The first-order chi connectivity index (χ1) is 15.5. The molecule has 1 saturated heterocycles. The normalized spacial score (nSPS) is 17.7. The van der Waals surface area contributed by atoms with Crippen LogP contribution in [0.3, 0.4) is 0 Å². The van der Waals surface area contributed by atoms with Crippen molar-refractivity contribution in [3.8, 4) is 5.69 Å². The summed E-state index contributed by atoms with van der Waals surface area (Å²) >= 11 is 0. The monoisotopic (exact) mass is 431 g/mol. The fraction of sp³-hybridized carbons (Fsp3) is 0.320. The quantitative estimate of drug-likeness (QED) is 0.601. The van der Waals surface area contributed by atoms with Gasteiger partial charge >= 0.3 is 0 Å². The molecule has 1 aliphatic heterocycles. The molecule has 3 atom stereocenters. The van der Waals surface area contributed by atoms with Crippen LogP contribution in [0.25, 0.3) is 5.69 Å². The van der Waals surface area contributed by atoms with Crippen LogP contribution in [0.4, 0.5) is 0 Å². The molecule has 7 nitrogen and oxygen atoms in total. The third-order valence-electron chi connectivity index (χ3n) is 6.01. The largest absolute Gasteiger partial charge is 0.348 e. The van der Waals surface area contributed by atoms with Gasteiger partial charge in [-0.1, -0.05) is 42.5 Å². The summed E-state index contributed by atoms with van der Waals surface area (Å²) in [6.45, 7) is 2.51. The van der Waals surface area contributed by atoms with Gasteiger partial charge in [-0.25, -0.2) is 4.98 Å². The van der Waals surface area contributed by atoms with Crippen LogP contribution in [0, 0.1) is 0 Å². The van der Waals surface area contributed by atoms with Crippen LogP contribution in [0.5, 0.6) is 0 Å². The maximum absolute atomic E-state index is 13.0. The third kappa shape index (κ3) is 4.89. The minimum absolute atomic E-state index is 0.131. The van der Waals surface area contributed by atoms with Crippen molar-refractivity contribution in [1.29, 1.82) is 0 Å². The van der Waals surface area contributed by atoms with E-state index in [0.717, 1.165) is 23.2 Å². The molecule has 2 aromatic carbocycles. The van der Waals surface area contributed by atoms with Crippen molar-refractivity contribution in [2.45, 2.75) is 44.3 Å². The minimum atomic E-state index is -0.654. The van der Waals surface area contributed by atoms with E-state index in [1.54, 1.807) is 17.4 Å². The predicted octanol–water partition coefficient (Wildman–Crippen LogP) is 2.61. The second-order valence-corrected chi connectivity index (χ2v) is 8.28. The number of rotatable bonds is 7. The molecule has 2 heterocycles. The average molecular weight is 432 g/mol. The molecule has 166 valence electrons. The first-order valence-corrected chi connectivity index (χ1v) is 11.0. The zero-order valence-electron chi connectivity index (χ0n) is 18.2. The van der Waals surface area contributed by atoms with Crippen LogP contribution in [0.1, 0.15) is 36.9 Å². The van der Waals surface area contributed by atoms with Crippen molar-refractivity contribution in [1.82, 2.24) is 19.8 Å². The molecule has 0 saturated carbocycles. The molecule has 1 aromatic heterocycles. The van der Waals surface area contributed by atoms with Crippen molar-refractivity contribution in [2.24, 2.45) is 5.73 Å². The van der Waals surface area contributed by atoms with Crippen molar-refractivity contribution < 1.29 is 9.59 Å².